The van der Waals surface area contributed by atoms with Gasteiger partial charge in [0.25, 0.3) is 0 Å². The van der Waals surface area contributed by atoms with Gasteiger partial charge < -0.3 is 5.32 Å². The predicted molar refractivity (Wildman–Crippen MR) is 95.2 cm³/mol. The van der Waals surface area contributed by atoms with Gasteiger partial charge in [0.1, 0.15) is 6.04 Å². The molecule has 1 aromatic carbocycles. The largest absolute Gasteiger partial charge is 0.345 e. The second-order valence-corrected chi connectivity index (χ2v) is 8.28. The van der Waals surface area contributed by atoms with E-state index in [9.17, 15) is 14.9 Å². The minimum atomic E-state index is -0.542. The van der Waals surface area contributed by atoms with Gasteiger partial charge in [0.2, 0.25) is 11.9 Å². The maximum atomic E-state index is 12.9. The molecule has 1 saturated heterocycles. The number of hydrogen-bond acceptors (Lipinski definition) is 5. The third-order valence-corrected chi connectivity index (χ3v) is 6.34. The van der Waals surface area contributed by atoms with Crippen molar-refractivity contribution in [1.82, 2.24) is 16.2 Å². The molecule has 2 saturated carbocycles. The van der Waals surface area contributed by atoms with E-state index in [0.29, 0.717) is 12.8 Å². The first-order chi connectivity index (χ1) is 12.0. The SMILES string of the molecule is O=C(NC1(c2ccc(Br)cc2)CC1)C1NNC2CCC([N+](=O)[O-])CC21. The molecule has 1 heterocycles. The monoisotopic (exact) mass is 408 g/mol. The predicted octanol–water partition coefficient (Wildman–Crippen LogP) is 1.84. The molecule has 8 heteroatoms. The van der Waals surface area contributed by atoms with Gasteiger partial charge in [-0.2, -0.15) is 0 Å². The number of hydrogen-bond donors (Lipinski definition) is 3. The zero-order chi connectivity index (χ0) is 17.6. The molecule has 7 nitrogen and oxygen atoms in total. The van der Waals surface area contributed by atoms with E-state index in [4.69, 9.17) is 0 Å². The van der Waals surface area contributed by atoms with E-state index in [0.717, 1.165) is 29.3 Å². The molecule has 0 radical (unpaired) electrons. The smallest absolute Gasteiger partial charge is 0.239 e. The molecule has 1 aromatic rings. The van der Waals surface area contributed by atoms with Crippen molar-refractivity contribution in [3.05, 3.63) is 44.4 Å². The topological polar surface area (TPSA) is 96.3 Å². The highest BCUT2D eigenvalue weighted by atomic mass is 79.9. The first kappa shape index (κ1) is 16.9. The van der Waals surface area contributed by atoms with E-state index in [2.05, 4.69) is 32.1 Å². The molecule has 3 N–H and O–H groups in total. The Labute approximate surface area is 154 Å². The zero-order valence-corrected chi connectivity index (χ0v) is 15.3. The van der Waals surface area contributed by atoms with Gasteiger partial charge in [-0.1, -0.05) is 28.1 Å². The summed E-state index contributed by atoms with van der Waals surface area (Å²) < 4.78 is 1.01. The lowest BCUT2D eigenvalue weighted by Gasteiger charge is -2.29. The standard InChI is InChI=1S/C17H21BrN4O3/c18-11-3-1-10(2-4-11)17(7-8-17)19-16(23)15-13-9-12(22(24)25)5-6-14(13)20-21-15/h1-4,12-15,20-21H,5-9H2,(H,19,23). The number of rotatable bonds is 4. The molecule has 1 amide bonds. The fraction of sp³-hybridized carbons (Fsp3) is 0.588. The lowest BCUT2D eigenvalue weighted by Crippen LogP contribution is -2.50. The van der Waals surface area contributed by atoms with Crippen LogP contribution in [-0.4, -0.2) is 29.0 Å². The third-order valence-electron chi connectivity index (χ3n) is 5.81. The fourth-order valence-corrected chi connectivity index (χ4v) is 4.44. The Balaban J connectivity index is 1.46. The second-order valence-electron chi connectivity index (χ2n) is 7.37. The summed E-state index contributed by atoms with van der Waals surface area (Å²) >= 11 is 3.43. The van der Waals surface area contributed by atoms with Gasteiger partial charge >= 0.3 is 0 Å². The van der Waals surface area contributed by atoms with Crippen molar-refractivity contribution in [2.45, 2.75) is 55.8 Å². The molecule has 0 spiro atoms. The van der Waals surface area contributed by atoms with Crippen LogP contribution in [0.3, 0.4) is 0 Å². The first-order valence-corrected chi connectivity index (χ1v) is 9.50. The van der Waals surface area contributed by atoms with Crippen LogP contribution in [0.4, 0.5) is 0 Å². The number of nitrogens with zero attached hydrogens (tertiary/aromatic N) is 1. The van der Waals surface area contributed by atoms with Gasteiger partial charge in [-0.3, -0.25) is 20.3 Å². The summed E-state index contributed by atoms with van der Waals surface area (Å²) in [6.45, 7) is 0. The van der Waals surface area contributed by atoms with E-state index >= 15 is 0 Å². The van der Waals surface area contributed by atoms with Gasteiger partial charge in [0, 0.05) is 34.2 Å². The van der Waals surface area contributed by atoms with Crippen molar-refractivity contribution in [2.24, 2.45) is 5.92 Å². The van der Waals surface area contributed by atoms with E-state index in [1.807, 2.05) is 24.3 Å². The van der Waals surface area contributed by atoms with E-state index in [1.165, 1.54) is 0 Å². The van der Waals surface area contributed by atoms with Crippen molar-refractivity contribution in [1.29, 1.82) is 0 Å². The van der Waals surface area contributed by atoms with Gasteiger partial charge in [-0.15, -0.1) is 0 Å². The highest BCUT2D eigenvalue weighted by Gasteiger charge is 2.51. The Morgan fingerprint density at radius 2 is 1.96 bits per heavy atom. The highest BCUT2D eigenvalue weighted by molar-refractivity contribution is 9.10. The summed E-state index contributed by atoms with van der Waals surface area (Å²) in [5.41, 5.74) is 7.07. The molecule has 4 rings (SSSR count). The normalized spacial score (nSPS) is 32.7. The Bertz CT molecular complexity index is 692. The molecular weight excluding hydrogens is 388 g/mol. The Morgan fingerprint density at radius 3 is 2.60 bits per heavy atom. The molecule has 3 aliphatic rings. The van der Waals surface area contributed by atoms with Crippen LogP contribution in [0.5, 0.6) is 0 Å². The maximum absolute atomic E-state index is 12.9. The summed E-state index contributed by atoms with van der Waals surface area (Å²) in [6.07, 6.45) is 3.59. The molecule has 4 unspecified atom stereocenters. The van der Waals surface area contributed by atoms with Crippen molar-refractivity contribution in [3.8, 4) is 0 Å². The van der Waals surface area contributed by atoms with E-state index in [1.54, 1.807) is 0 Å². The molecule has 2 aliphatic carbocycles. The molecular formula is C17H21BrN4O3. The van der Waals surface area contributed by atoms with Crippen molar-refractivity contribution in [3.63, 3.8) is 0 Å². The Kier molecular flexibility index (Phi) is 4.29. The molecule has 1 aliphatic heterocycles. The van der Waals surface area contributed by atoms with Gasteiger partial charge in [0.05, 0.1) is 5.54 Å². The van der Waals surface area contributed by atoms with Crippen LogP contribution in [-0.2, 0) is 10.3 Å². The average molecular weight is 409 g/mol. The number of amides is 1. The van der Waals surface area contributed by atoms with Gasteiger partial charge in [-0.05, 0) is 37.0 Å². The zero-order valence-electron chi connectivity index (χ0n) is 13.7. The number of hydrazine groups is 1. The molecule has 25 heavy (non-hydrogen) atoms. The average Bonchev–Trinajstić information content (AvgIpc) is 3.24. The van der Waals surface area contributed by atoms with Gasteiger partial charge in [-0.25, -0.2) is 5.43 Å². The van der Waals surface area contributed by atoms with E-state index < -0.39 is 12.1 Å². The van der Waals surface area contributed by atoms with Crippen LogP contribution in [0.15, 0.2) is 28.7 Å². The number of nitrogens with one attached hydrogen (secondary N) is 3. The number of benzene rings is 1. The first-order valence-electron chi connectivity index (χ1n) is 8.71. The number of carbonyl (C=O) groups is 1. The van der Waals surface area contributed by atoms with Crippen LogP contribution in [0.25, 0.3) is 0 Å². The lowest BCUT2D eigenvalue weighted by molar-refractivity contribution is -0.528. The number of halogens is 1. The highest BCUT2D eigenvalue weighted by Crippen LogP contribution is 2.46. The minimum absolute atomic E-state index is 0.0372. The number of fused-ring (bicyclic) bond motifs is 1. The molecule has 3 fully saturated rings. The van der Waals surface area contributed by atoms with Crippen LogP contribution >= 0.6 is 15.9 Å². The molecule has 4 atom stereocenters. The van der Waals surface area contributed by atoms with Crippen LogP contribution in [0, 0.1) is 16.0 Å². The fourth-order valence-electron chi connectivity index (χ4n) is 4.18. The quantitative estimate of drug-likeness (QED) is 0.521. The summed E-state index contributed by atoms with van der Waals surface area (Å²) in [7, 11) is 0. The maximum Gasteiger partial charge on any atom is 0.239 e. The molecule has 0 aromatic heterocycles. The minimum Gasteiger partial charge on any atom is -0.345 e. The van der Waals surface area contributed by atoms with Crippen molar-refractivity contribution < 1.29 is 9.72 Å². The van der Waals surface area contributed by atoms with E-state index in [-0.39, 0.29) is 28.3 Å². The molecule has 0 bridgehead atoms. The van der Waals surface area contributed by atoms with Crippen molar-refractivity contribution >= 4 is 21.8 Å². The van der Waals surface area contributed by atoms with Crippen LogP contribution in [0.2, 0.25) is 0 Å². The van der Waals surface area contributed by atoms with Crippen LogP contribution in [0.1, 0.15) is 37.7 Å². The summed E-state index contributed by atoms with van der Waals surface area (Å²) in [6, 6.07) is 7.20. The number of carbonyl (C=O) groups excluding carboxylic acids is 1. The Hall–Kier alpha value is -1.51. The number of nitro groups is 1. The van der Waals surface area contributed by atoms with Crippen molar-refractivity contribution in [2.75, 3.05) is 0 Å². The second kappa shape index (κ2) is 6.34. The summed E-state index contributed by atoms with van der Waals surface area (Å²) in [4.78, 5) is 23.8. The summed E-state index contributed by atoms with van der Waals surface area (Å²) in [5.74, 6) is -0.103. The van der Waals surface area contributed by atoms with Crippen LogP contribution < -0.4 is 16.2 Å². The lowest BCUT2D eigenvalue weighted by atomic mass is 9.79. The summed E-state index contributed by atoms with van der Waals surface area (Å²) in [5, 5.41) is 14.3. The van der Waals surface area contributed by atoms with Gasteiger partial charge in [0.15, 0.2) is 0 Å². The Morgan fingerprint density at radius 1 is 1.24 bits per heavy atom. The molecule has 134 valence electrons. The third kappa shape index (κ3) is 3.18.